The van der Waals surface area contributed by atoms with Gasteiger partial charge in [-0.05, 0) is 24.3 Å². The van der Waals surface area contributed by atoms with Gasteiger partial charge in [0.1, 0.15) is 0 Å². The summed E-state index contributed by atoms with van der Waals surface area (Å²) in [4.78, 5) is 15.9. The second-order valence-electron chi connectivity index (χ2n) is 5.59. The summed E-state index contributed by atoms with van der Waals surface area (Å²) in [6.45, 7) is 2.81. The number of anilines is 1. The van der Waals surface area contributed by atoms with E-state index in [2.05, 4.69) is 23.5 Å². The Bertz CT molecular complexity index is 624. The minimum absolute atomic E-state index is 0.109. The first-order valence-corrected chi connectivity index (χ1v) is 8.58. The molecule has 4 heteroatoms. The Morgan fingerprint density at radius 3 is 2.45 bits per heavy atom. The average Bonchev–Trinajstić information content (AvgIpc) is 3.03. The van der Waals surface area contributed by atoms with Gasteiger partial charge in [0.25, 0.3) is 5.91 Å². The van der Waals surface area contributed by atoms with Gasteiger partial charge in [-0.3, -0.25) is 4.79 Å². The summed E-state index contributed by atoms with van der Waals surface area (Å²) >= 11 is 1.68. The van der Waals surface area contributed by atoms with Crippen molar-refractivity contribution < 1.29 is 9.69 Å². The van der Waals surface area contributed by atoms with E-state index in [0.29, 0.717) is 6.54 Å². The first-order valence-electron chi connectivity index (χ1n) is 7.76. The van der Waals surface area contributed by atoms with Crippen LogP contribution in [-0.2, 0) is 4.79 Å². The van der Waals surface area contributed by atoms with Gasteiger partial charge in [-0.2, -0.15) is 0 Å². The Balaban J connectivity index is 1.66. The fourth-order valence-electron chi connectivity index (χ4n) is 2.75. The summed E-state index contributed by atoms with van der Waals surface area (Å²) in [6, 6.07) is 18.2. The van der Waals surface area contributed by atoms with Crippen LogP contribution in [0.3, 0.4) is 0 Å². The molecular weight excluding hydrogens is 292 g/mol. The standard InChI is InChI=1S/C18H20N2OS/c21-18(14-20-12-6-7-13-20)19-16-10-4-5-11-17(16)22-15-8-2-1-3-9-15/h1-5,8-11H,6-7,12-14H2,(H,19,21)/p+1. The minimum atomic E-state index is 0.109. The van der Waals surface area contributed by atoms with E-state index in [-0.39, 0.29) is 5.91 Å². The number of carbonyl (C=O) groups is 1. The molecule has 3 nitrogen and oxygen atoms in total. The summed E-state index contributed by atoms with van der Waals surface area (Å²) in [5.74, 6) is 0.109. The fraction of sp³-hybridized carbons (Fsp3) is 0.278. The first kappa shape index (κ1) is 15.1. The summed E-state index contributed by atoms with van der Waals surface area (Å²) in [5, 5.41) is 3.08. The number of para-hydroxylation sites is 1. The molecule has 1 aliphatic heterocycles. The van der Waals surface area contributed by atoms with E-state index >= 15 is 0 Å². The van der Waals surface area contributed by atoms with Gasteiger partial charge in [0.2, 0.25) is 0 Å². The van der Waals surface area contributed by atoms with Gasteiger partial charge in [-0.15, -0.1) is 0 Å². The van der Waals surface area contributed by atoms with Crippen molar-refractivity contribution in [3.8, 4) is 0 Å². The van der Waals surface area contributed by atoms with Crippen molar-refractivity contribution in [1.82, 2.24) is 0 Å². The molecule has 114 valence electrons. The molecule has 3 rings (SSSR count). The molecule has 0 unspecified atom stereocenters. The molecule has 0 radical (unpaired) electrons. The highest BCUT2D eigenvalue weighted by molar-refractivity contribution is 7.99. The number of amides is 1. The molecule has 2 N–H and O–H groups in total. The van der Waals surface area contributed by atoms with Crippen molar-refractivity contribution in [2.45, 2.75) is 22.6 Å². The summed E-state index contributed by atoms with van der Waals surface area (Å²) in [6.07, 6.45) is 2.48. The molecule has 2 aromatic rings. The summed E-state index contributed by atoms with van der Waals surface area (Å²) in [5.41, 5.74) is 0.903. The zero-order chi connectivity index (χ0) is 15.2. The van der Waals surface area contributed by atoms with Crippen molar-refractivity contribution in [1.29, 1.82) is 0 Å². The topological polar surface area (TPSA) is 33.5 Å². The molecule has 0 aliphatic carbocycles. The molecule has 1 heterocycles. The monoisotopic (exact) mass is 313 g/mol. The molecule has 0 atom stereocenters. The predicted molar refractivity (Wildman–Crippen MR) is 90.4 cm³/mol. The highest BCUT2D eigenvalue weighted by Crippen LogP contribution is 2.32. The smallest absolute Gasteiger partial charge is 0.279 e. The highest BCUT2D eigenvalue weighted by atomic mass is 32.2. The number of nitrogens with one attached hydrogen (secondary N) is 2. The van der Waals surface area contributed by atoms with Crippen LogP contribution in [0.5, 0.6) is 0 Å². The zero-order valence-corrected chi connectivity index (χ0v) is 13.4. The van der Waals surface area contributed by atoms with Crippen LogP contribution in [0.25, 0.3) is 0 Å². The number of hydrogen-bond donors (Lipinski definition) is 2. The molecule has 1 fully saturated rings. The summed E-state index contributed by atoms with van der Waals surface area (Å²) < 4.78 is 0. The largest absolute Gasteiger partial charge is 0.327 e. The Hall–Kier alpha value is -1.78. The summed E-state index contributed by atoms with van der Waals surface area (Å²) in [7, 11) is 0. The fourth-order valence-corrected chi connectivity index (χ4v) is 3.67. The van der Waals surface area contributed by atoms with Crippen molar-refractivity contribution in [2.24, 2.45) is 0 Å². The van der Waals surface area contributed by atoms with Crippen molar-refractivity contribution in [3.05, 3.63) is 54.6 Å². The second kappa shape index (κ2) is 7.47. The van der Waals surface area contributed by atoms with E-state index in [4.69, 9.17) is 0 Å². The number of rotatable bonds is 5. The van der Waals surface area contributed by atoms with E-state index in [1.54, 1.807) is 11.8 Å². The van der Waals surface area contributed by atoms with Crippen LogP contribution in [0.1, 0.15) is 12.8 Å². The number of hydrogen-bond acceptors (Lipinski definition) is 2. The lowest BCUT2D eigenvalue weighted by molar-refractivity contribution is -0.878. The zero-order valence-electron chi connectivity index (χ0n) is 12.5. The van der Waals surface area contributed by atoms with Crippen LogP contribution < -0.4 is 10.2 Å². The van der Waals surface area contributed by atoms with E-state index in [0.717, 1.165) is 23.7 Å². The quantitative estimate of drug-likeness (QED) is 0.889. The molecular formula is C18H21N2OS+. The number of likely N-dealkylation sites (tertiary alicyclic amines) is 1. The number of carbonyl (C=O) groups excluding carboxylic acids is 1. The van der Waals surface area contributed by atoms with Gasteiger partial charge in [-0.25, -0.2) is 0 Å². The van der Waals surface area contributed by atoms with Crippen LogP contribution in [0.2, 0.25) is 0 Å². The third-order valence-corrected chi connectivity index (χ3v) is 4.94. The molecule has 22 heavy (non-hydrogen) atoms. The van der Waals surface area contributed by atoms with Gasteiger partial charge in [-0.1, -0.05) is 42.1 Å². The lowest BCUT2D eigenvalue weighted by Crippen LogP contribution is -3.11. The van der Waals surface area contributed by atoms with Crippen molar-refractivity contribution >= 4 is 23.4 Å². The normalized spacial score (nSPS) is 14.9. The third-order valence-electron chi connectivity index (χ3n) is 3.85. The molecule has 0 aromatic heterocycles. The van der Waals surface area contributed by atoms with Crippen molar-refractivity contribution in [2.75, 3.05) is 25.0 Å². The second-order valence-corrected chi connectivity index (χ2v) is 6.71. The van der Waals surface area contributed by atoms with Crippen LogP contribution in [0.15, 0.2) is 64.4 Å². The maximum atomic E-state index is 12.2. The van der Waals surface area contributed by atoms with E-state index in [1.165, 1.54) is 22.6 Å². The van der Waals surface area contributed by atoms with Gasteiger partial charge >= 0.3 is 0 Å². The predicted octanol–water partition coefficient (Wildman–Crippen LogP) is 2.46. The molecule has 0 saturated carbocycles. The van der Waals surface area contributed by atoms with Crippen LogP contribution in [-0.4, -0.2) is 25.5 Å². The molecule has 0 spiro atoms. The third kappa shape index (κ3) is 4.12. The van der Waals surface area contributed by atoms with E-state index in [1.807, 2.05) is 36.4 Å². The van der Waals surface area contributed by atoms with Crippen molar-refractivity contribution in [3.63, 3.8) is 0 Å². The van der Waals surface area contributed by atoms with Crippen LogP contribution in [0.4, 0.5) is 5.69 Å². The molecule has 1 amide bonds. The molecule has 1 aliphatic rings. The first-order chi connectivity index (χ1) is 10.8. The van der Waals surface area contributed by atoms with Gasteiger partial charge in [0.15, 0.2) is 6.54 Å². The average molecular weight is 313 g/mol. The maximum Gasteiger partial charge on any atom is 0.279 e. The van der Waals surface area contributed by atoms with Crippen LogP contribution >= 0.6 is 11.8 Å². The number of benzene rings is 2. The molecule has 1 saturated heterocycles. The Morgan fingerprint density at radius 1 is 1.00 bits per heavy atom. The Kier molecular flexibility index (Phi) is 5.14. The lowest BCUT2D eigenvalue weighted by atomic mass is 10.3. The maximum absolute atomic E-state index is 12.2. The Morgan fingerprint density at radius 2 is 1.68 bits per heavy atom. The van der Waals surface area contributed by atoms with Crippen LogP contribution in [0, 0.1) is 0 Å². The van der Waals surface area contributed by atoms with E-state index in [9.17, 15) is 4.79 Å². The van der Waals surface area contributed by atoms with Gasteiger partial charge in [0.05, 0.1) is 18.8 Å². The number of quaternary nitrogens is 1. The molecule has 2 aromatic carbocycles. The molecule has 0 bridgehead atoms. The van der Waals surface area contributed by atoms with E-state index < -0.39 is 0 Å². The Labute approximate surface area is 135 Å². The lowest BCUT2D eigenvalue weighted by Gasteiger charge is -2.14. The van der Waals surface area contributed by atoms with Gasteiger partial charge < -0.3 is 10.2 Å². The SMILES string of the molecule is O=C(C[NH+]1CCCC1)Nc1ccccc1Sc1ccccc1. The minimum Gasteiger partial charge on any atom is -0.327 e. The highest BCUT2D eigenvalue weighted by Gasteiger charge is 2.19. The van der Waals surface area contributed by atoms with Gasteiger partial charge in [0, 0.05) is 22.6 Å².